The van der Waals surface area contributed by atoms with Gasteiger partial charge in [0, 0.05) is 32.7 Å². The number of para-hydroxylation sites is 1. The highest BCUT2D eigenvalue weighted by Gasteiger charge is 2.22. The van der Waals surface area contributed by atoms with Crippen molar-refractivity contribution in [2.45, 2.75) is 39.1 Å². The Bertz CT molecular complexity index is 845. The summed E-state index contributed by atoms with van der Waals surface area (Å²) in [7, 11) is 4.00. The summed E-state index contributed by atoms with van der Waals surface area (Å²) in [4.78, 5) is 17.4. The predicted molar refractivity (Wildman–Crippen MR) is 123 cm³/mol. The Hall–Kier alpha value is -2.41. The second kappa shape index (κ2) is 11.3. The van der Waals surface area contributed by atoms with E-state index in [2.05, 4.69) is 47.2 Å². The molecule has 0 aromatic heterocycles. The number of rotatable bonds is 9. The highest BCUT2D eigenvalue weighted by molar-refractivity contribution is 5.96. The van der Waals surface area contributed by atoms with Crippen molar-refractivity contribution in [2.24, 2.45) is 0 Å². The lowest BCUT2D eigenvalue weighted by Crippen LogP contribution is -2.45. The van der Waals surface area contributed by atoms with Crippen molar-refractivity contribution < 1.29 is 14.3 Å². The zero-order valence-corrected chi connectivity index (χ0v) is 19.1. The Balaban J connectivity index is 1.62. The Morgan fingerprint density at radius 2 is 1.71 bits per heavy atom. The first-order valence-corrected chi connectivity index (χ1v) is 11.0. The Morgan fingerprint density at radius 3 is 2.42 bits per heavy atom. The fourth-order valence-electron chi connectivity index (χ4n) is 3.93. The van der Waals surface area contributed by atoms with Gasteiger partial charge in [-0.2, -0.15) is 0 Å². The molecule has 6 heteroatoms. The fraction of sp³-hybridized carbons (Fsp3) is 0.480. The van der Waals surface area contributed by atoms with Crippen LogP contribution in [0.4, 0.5) is 0 Å². The van der Waals surface area contributed by atoms with Crippen LogP contribution < -0.4 is 10.1 Å². The maximum absolute atomic E-state index is 12.9. The van der Waals surface area contributed by atoms with E-state index in [0.29, 0.717) is 24.5 Å². The van der Waals surface area contributed by atoms with Gasteiger partial charge in [-0.25, -0.2) is 0 Å². The minimum atomic E-state index is -0.121. The summed E-state index contributed by atoms with van der Waals surface area (Å²) < 4.78 is 11.7. The highest BCUT2D eigenvalue weighted by atomic mass is 16.5. The monoisotopic (exact) mass is 425 g/mol. The van der Waals surface area contributed by atoms with E-state index in [1.54, 1.807) is 0 Å². The van der Waals surface area contributed by atoms with Crippen molar-refractivity contribution in [1.29, 1.82) is 0 Å². The van der Waals surface area contributed by atoms with Crippen LogP contribution in [0, 0.1) is 0 Å². The van der Waals surface area contributed by atoms with Crippen molar-refractivity contribution in [3.63, 3.8) is 0 Å². The van der Waals surface area contributed by atoms with Crippen LogP contribution in [-0.4, -0.2) is 68.3 Å². The molecule has 2 aromatic rings. The quantitative estimate of drug-likeness (QED) is 0.669. The van der Waals surface area contributed by atoms with Gasteiger partial charge in [-0.3, -0.25) is 9.69 Å². The van der Waals surface area contributed by atoms with Crippen LogP contribution in [0.2, 0.25) is 0 Å². The molecule has 2 aromatic carbocycles. The van der Waals surface area contributed by atoms with E-state index >= 15 is 0 Å². The standard InChI is InChI=1S/C25H35N3O3/c1-19-16-28(17-20(2)31-19)18-22-10-6-5-9-21(22)15-26-25(29)23-11-7-8-12-24(23)30-14-13-27(3)4/h5-12,19-20H,13-18H2,1-4H3,(H,26,29). The van der Waals surface area contributed by atoms with Gasteiger partial charge in [0.15, 0.2) is 0 Å². The van der Waals surface area contributed by atoms with Crippen molar-refractivity contribution >= 4 is 5.91 Å². The SMILES string of the molecule is CC1CN(Cc2ccccc2CNC(=O)c2ccccc2OCCN(C)C)CC(C)O1. The van der Waals surface area contributed by atoms with E-state index in [4.69, 9.17) is 9.47 Å². The topological polar surface area (TPSA) is 54.0 Å². The van der Waals surface area contributed by atoms with E-state index in [9.17, 15) is 4.79 Å². The first-order chi connectivity index (χ1) is 14.9. The fourth-order valence-corrected chi connectivity index (χ4v) is 3.93. The Morgan fingerprint density at radius 1 is 1.06 bits per heavy atom. The smallest absolute Gasteiger partial charge is 0.255 e. The molecule has 0 aliphatic carbocycles. The van der Waals surface area contributed by atoms with Gasteiger partial charge in [0.25, 0.3) is 5.91 Å². The molecule has 31 heavy (non-hydrogen) atoms. The number of nitrogens with zero attached hydrogens (tertiary/aromatic N) is 2. The van der Waals surface area contributed by atoms with E-state index in [1.165, 1.54) is 5.56 Å². The zero-order valence-electron chi connectivity index (χ0n) is 19.1. The molecule has 1 amide bonds. The third-order valence-electron chi connectivity index (χ3n) is 5.37. The van der Waals surface area contributed by atoms with Gasteiger partial charge in [-0.15, -0.1) is 0 Å². The van der Waals surface area contributed by atoms with Crippen molar-refractivity contribution in [1.82, 2.24) is 15.1 Å². The molecule has 1 aliphatic rings. The number of likely N-dealkylation sites (N-methyl/N-ethyl adjacent to an activating group) is 1. The number of carbonyl (C=O) groups excluding carboxylic acids is 1. The first-order valence-electron chi connectivity index (χ1n) is 11.0. The molecule has 0 bridgehead atoms. The number of carbonyl (C=O) groups is 1. The lowest BCUT2D eigenvalue weighted by molar-refractivity contribution is -0.0705. The molecule has 0 spiro atoms. The minimum Gasteiger partial charge on any atom is -0.491 e. The van der Waals surface area contributed by atoms with Crippen LogP contribution in [0.15, 0.2) is 48.5 Å². The lowest BCUT2D eigenvalue weighted by atomic mass is 10.1. The Kier molecular flexibility index (Phi) is 8.46. The lowest BCUT2D eigenvalue weighted by Gasteiger charge is -2.35. The van der Waals surface area contributed by atoms with E-state index in [-0.39, 0.29) is 18.1 Å². The van der Waals surface area contributed by atoms with Gasteiger partial charge in [0.2, 0.25) is 0 Å². The van der Waals surface area contributed by atoms with Gasteiger partial charge < -0.3 is 19.7 Å². The van der Waals surface area contributed by atoms with E-state index < -0.39 is 0 Å². The Labute approximate surface area is 186 Å². The summed E-state index contributed by atoms with van der Waals surface area (Å²) in [6.07, 6.45) is 0.472. The number of amides is 1. The van der Waals surface area contributed by atoms with Crippen LogP contribution in [0.1, 0.15) is 35.3 Å². The average molecular weight is 426 g/mol. The highest BCUT2D eigenvalue weighted by Crippen LogP contribution is 2.19. The van der Waals surface area contributed by atoms with Gasteiger partial charge in [-0.1, -0.05) is 36.4 Å². The summed E-state index contributed by atoms with van der Waals surface area (Å²) in [6.45, 7) is 8.74. The largest absolute Gasteiger partial charge is 0.491 e. The second-order valence-electron chi connectivity index (χ2n) is 8.55. The van der Waals surface area contributed by atoms with Crippen molar-refractivity contribution in [3.05, 3.63) is 65.2 Å². The maximum atomic E-state index is 12.9. The molecule has 1 fully saturated rings. The molecule has 2 unspecified atom stereocenters. The summed E-state index contributed by atoms with van der Waals surface area (Å²) in [5, 5.41) is 3.08. The normalized spacial score (nSPS) is 19.4. The molecule has 0 radical (unpaired) electrons. The third-order valence-corrected chi connectivity index (χ3v) is 5.37. The molecule has 6 nitrogen and oxygen atoms in total. The van der Waals surface area contributed by atoms with Crippen LogP contribution in [0.3, 0.4) is 0 Å². The number of hydrogen-bond donors (Lipinski definition) is 1. The zero-order chi connectivity index (χ0) is 22.2. The van der Waals surface area contributed by atoms with E-state index in [0.717, 1.165) is 31.7 Å². The summed E-state index contributed by atoms with van der Waals surface area (Å²) in [5.41, 5.74) is 2.93. The third kappa shape index (κ3) is 7.06. The molecule has 3 rings (SSSR count). The predicted octanol–water partition coefficient (Wildman–Crippen LogP) is 3.17. The maximum Gasteiger partial charge on any atom is 0.255 e. The van der Waals surface area contributed by atoms with Crippen LogP contribution in [0.5, 0.6) is 5.75 Å². The average Bonchev–Trinajstić information content (AvgIpc) is 2.72. The minimum absolute atomic E-state index is 0.121. The number of hydrogen-bond acceptors (Lipinski definition) is 5. The van der Waals surface area contributed by atoms with E-state index in [1.807, 2.05) is 44.4 Å². The molecule has 1 saturated heterocycles. The van der Waals surface area contributed by atoms with Crippen molar-refractivity contribution in [2.75, 3.05) is 40.3 Å². The molecular formula is C25H35N3O3. The van der Waals surface area contributed by atoms with Crippen molar-refractivity contribution in [3.8, 4) is 5.75 Å². The van der Waals surface area contributed by atoms with Crippen LogP contribution >= 0.6 is 0 Å². The number of ether oxygens (including phenoxy) is 2. The second-order valence-corrected chi connectivity index (χ2v) is 8.55. The summed E-state index contributed by atoms with van der Waals surface area (Å²) in [5.74, 6) is 0.496. The number of benzene rings is 2. The van der Waals surface area contributed by atoms with Gasteiger partial charge in [-0.05, 0) is 51.2 Å². The number of nitrogens with one attached hydrogen (secondary N) is 1. The molecule has 0 saturated carbocycles. The molecule has 1 heterocycles. The van der Waals surface area contributed by atoms with Crippen LogP contribution in [-0.2, 0) is 17.8 Å². The molecule has 2 atom stereocenters. The molecule has 1 aliphatic heterocycles. The van der Waals surface area contributed by atoms with Gasteiger partial charge in [0.1, 0.15) is 12.4 Å². The molecule has 168 valence electrons. The number of morpholine rings is 1. The van der Waals surface area contributed by atoms with Gasteiger partial charge >= 0.3 is 0 Å². The van der Waals surface area contributed by atoms with Crippen LogP contribution in [0.25, 0.3) is 0 Å². The summed E-state index contributed by atoms with van der Waals surface area (Å²) >= 11 is 0. The molecule has 1 N–H and O–H groups in total. The summed E-state index contributed by atoms with van der Waals surface area (Å²) in [6, 6.07) is 15.7. The molecular weight excluding hydrogens is 390 g/mol. The first kappa shape index (κ1) is 23.3. The van der Waals surface area contributed by atoms with Gasteiger partial charge in [0.05, 0.1) is 17.8 Å².